The van der Waals surface area contributed by atoms with Gasteiger partial charge in [-0.25, -0.2) is 9.97 Å². The molecule has 0 atom stereocenters. The molecule has 9 aromatic rings. The van der Waals surface area contributed by atoms with E-state index < -0.39 is 0 Å². The Morgan fingerprint density at radius 3 is 1.72 bits per heavy atom. The fourth-order valence-electron chi connectivity index (χ4n) is 6.63. The largest absolute Gasteiger partial charge is 0.316 e. The third kappa shape index (κ3) is 4.31. The summed E-state index contributed by atoms with van der Waals surface area (Å²) in [6.07, 6.45) is 2.17. The number of rotatable bonds is 5. The molecule has 0 bridgehead atoms. The van der Waals surface area contributed by atoms with E-state index in [-0.39, 0.29) is 0 Å². The van der Waals surface area contributed by atoms with E-state index in [2.05, 4.69) is 143 Å². The Morgan fingerprint density at radius 1 is 0.391 bits per heavy atom. The zero-order valence-corrected chi connectivity index (χ0v) is 25.0. The standard InChI is InChI=1S/C42H28N4/c1-4-13-29(14-5-1)37-28-38(30-15-6-2-7-16-30)44-42(43-37)31-17-12-20-33(27-31)46-40-22-11-10-21-34(40)35-23-24-39-36(41(35)46)25-26-45(39)32-18-8-3-9-19-32/h1-28H. The molecule has 3 aromatic heterocycles. The summed E-state index contributed by atoms with van der Waals surface area (Å²) in [6, 6.07) is 57.3. The average molecular weight is 589 g/mol. The van der Waals surface area contributed by atoms with Crippen LogP contribution in [0.25, 0.3) is 78.0 Å². The highest BCUT2D eigenvalue weighted by Gasteiger charge is 2.18. The molecule has 0 saturated carbocycles. The SMILES string of the molecule is c1ccc(-c2cc(-c3ccccc3)nc(-c3cccc(-n4c5ccccc5c5ccc6c(ccn6-c6ccccc6)c54)c3)n2)cc1. The second-order valence-corrected chi connectivity index (χ2v) is 11.5. The monoisotopic (exact) mass is 588 g/mol. The fraction of sp³-hybridized carbons (Fsp3) is 0. The molecule has 46 heavy (non-hydrogen) atoms. The Labute approximate surface area is 266 Å². The van der Waals surface area contributed by atoms with Crippen LogP contribution >= 0.6 is 0 Å². The highest BCUT2D eigenvalue weighted by Crippen LogP contribution is 2.38. The predicted molar refractivity (Wildman–Crippen MR) is 190 cm³/mol. The van der Waals surface area contributed by atoms with Crippen molar-refractivity contribution in [1.29, 1.82) is 0 Å². The van der Waals surface area contributed by atoms with Crippen molar-refractivity contribution >= 4 is 32.7 Å². The number of para-hydroxylation sites is 2. The van der Waals surface area contributed by atoms with Gasteiger partial charge in [0.25, 0.3) is 0 Å². The lowest BCUT2D eigenvalue weighted by atomic mass is 10.1. The van der Waals surface area contributed by atoms with Gasteiger partial charge in [-0.2, -0.15) is 0 Å². The minimum atomic E-state index is 0.697. The topological polar surface area (TPSA) is 35.6 Å². The molecule has 6 aromatic carbocycles. The zero-order valence-electron chi connectivity index (χ0n) is 25.0. The van der Waals surface area contributed by atoms with Crippen molar-refractivity contribution in [3.05, 3.63) is 170 Å². The lowest BCUT2D eigenvalue weighted by molar-refractivity contribution is 1.13. The molecule has 0 amide bonds. The van der Waals surface area contributed by atoms with Crippen molar-refractivity contribution < 1.29 is 0 Å². The lowest BCUT2D eigenvalue weighted by Gasteiger charge is -2.13. The van der Waals surface area contributed by atoms with Crippen LogP contribution in [0.4, 0.5) is 0 Å². The van der Waals surface area contributed by atoms with Gasteiger partial charge in [0.2, 0.25) is 0 Å². The van der Waals surface area contributed by atoms with Gasteiger partial charge >= 0.3 is 0 Å². The molecule has 216 valence electrons. The Kier molecular flexibility index (Phi) is 6.10. The molecule has 0 aliphatic carbocycles. The van der Waals surface area contributed by atoms with Crippen molar-refractivity contribution in [3.63, 3.8) is 0 Å². The van der Waals surface area contributed by atoms with E-state index in [0.29, 0.717) is 5.82 Å². The average Bonchev–Trinajstić information content (AvgIpc) is 3.72. The molecule has 0 spiro atoms. The molecule has 0 N–H and O–H groups in total. The zero-order chi connectivity index (χ0) is 30.5. The molecular weight excluding hydrogens is 560 g/mol. The van der Waals surface area contributed by atoms with Gasteiger partial charge in [0.05, 0.1) is 27.9 Å². The molecule has 4 heteroatoms. The summed E-state index contributed by atoms with van der Waals surface area (Å²) in [6.45, 7) is 0. The van der Waals surface area contributed by atoms with Crippen LogP contribution in [0.2, 0.25) is 0 Å². The Hall–Kier alpha value is -6.26. The predicted octanol–water partition coefficient (Wildman–Crippen LogP) is 10.5. The first kappa shape index (κ1) is 26.2. The highest BCUT2D eigenvalue weighted by molar-refractivity contribution is 6.18. The number of hydrogen-bond acceptors (Lipinski definition) is 2. The summed E-state index contributed by atoms with van der Waals surface area (Å²) < 4.78 is 4.66. The summed E-state index contributed by atoms with van der Waals surface area (Å²) in [7, 11) is 0. The molecule has 4 nitrogen and oxygen atoms in total. The van der Waals surface area contributed by atoms with Crippen LogP contribution in [0, 0.1) is 0 Å². The van der Waals surface area contributed by atoms with Crippen LogP contribution < -0.4 is 0 Å². The van der Waals surface area contributed by atoms with Crippen LogP contribution in [0.15, 0.2) is 170 Å². The van der Waals surface area contributed by atoms with E-state index in [0.717, 1.165) is 39.5 Å². The van der Waals surface area contributed by atoms with Gasteiger partial charge in [-0.1, -0.05) is 115 Å². The van der Waals surface area contributed by atoms with Crippen molar-refractivity contribution in [2.24, 2.45) is 0 Å². The third-order valence-electron chi connectivity index (χ3n) is 8.76. The maximum absolute atomic E-state index is 5.11. The number of nitrogens with zero attached hydrogens (tertiary/aromatic N) is 4. The second kappa shape index (κ2) is 10.7. The second-order valence-electron chi connectivity index (χ2n) is 11.5. The van der Waals surface area contributed by atoms with E-state index in [4.69, 9.17) is 9.97 Å². The van der Waals surface area contributed by atoms with Gasteiger partial charge in [-0.15, -0.1) is 0 Å². The third-order valence-corrected chi connectivity index (χ3v) is 8.76. The summed E-state index contributed by atoms with van der Waals surface area (Å²) in [5.41, 5.74) is 10.6. The first-order chi connectivity index (χ1) is 22.8. The summed E-state index contributed by atoms with van der Waals surface area (Å²) in [4.78, 5) is 10.2. The molecule has 0 saturated heterocycles. The molecule has 0 aliphatic heterocycles. The van der Waals surface area contributed by atoms with Crippen LogP contribution in [0.1, 0.15) is 0 Å². The summed E-state index contributed by atoms with van der Waals surface area (Å²) in [5, 5.41) is 3.66. The first-order valence-electron chi connectivity index (χ1n) is 15.5. The number of aromatic nitrogens is 4. The van der Waals surface area contributed by atoms with Crippen molar-refractivity contribution in [1.82, 2.24) is 19.1 Å². The smallest absolute Gasteiger partial charge is 0.160 e. The maximum Gasteiger partial charge on any atom is 0.160 e. The Morgan fingerprint density at radius 2 is 1.00 bits per heavy atom. The van der Waals surface area contributed by atoms with Gasteiger partial charge in [-0.3, -0.25) is 0 Å². The van der Waals surface area contributed by atoms with E-state index >= 15 is 0 Å². The van der Waals surface area contributed by atoms with Gasteiger partial charge in [-0.05, 0) is 48.5 Å². The lowest BCUT2D eigenvalue weighted by Crippen LogP contribution is -1.98. The van der Waals surface area contributed by atoms with E-state index in [9.17, 15) is 0 Å². The van der Waals surface area contributed by atoms with Crippen LogP contribution in [0.5, 0.6) is 0 Å². The van der Waals surface area contributed by atoms with Crippen LogP contribution in [-0.2, 0) is 0 Å². The van der Waals surface area contributed by atoms with Gasteiger partial charge in [0.1, 0.15) is 0 Å². The number of benzene rings is 6. The number of fused-ring (bicyclic) bond motifs is 5. The Bertz CT molecular complexity index is 2450. The van der Waals surface area contributed by atoms with Crippen LogP contribution in [-0.4, -0.2) is 19.1 Å². The molecule has 9 rings (SSSR count). The molecular formula is C42H28N4. The van der Waals surface area contributed by atoms with Gasteiger partial charge in [0, 0.05) is 50.4 Å². The molecule has 0 fully saturated rings. The molecule has 0 unspecified atom stereocenters. The van der Waals surface area contributed by atoms with Crippen LogP contribution in [0.3, 0.4) is 0 Å². The Balaban J connectivity index is 1.27. The normalized spacial score (nSPS) is 11.5. The molecule has 0 aliphatic rings. The molecule has 3 heterocycles. The molecule has 0 radical (unpaired) electrons. The highest BCUT2D eigenvalue weighted by atomic mass is 15.0. The van der Waals surface area contributed by atoms with Crippen molar-refractivity contribution in [2.75, 3.05) is 0 Å². The number of hydrogen-bond donors (Lipinski definition) is 0. The minimum Gasteiger partial charge on any atom is -0.316 e. The van der Waals surface area contributed by atoms with Gasteiger partial charge in [0.15, 0.2) is 5.82 Å². The maximum atomic E-state index is 5.11. The van der Waals surface area contributed by atoms with Crippen molar-refractivity contribution in [2.45, 2.75) is 0 Å². The van der Waals surface area contributed by atoms with E-state index in [1.165, 1.54) is 32.7 Å². The summed E-state index contributed by atoms with van der Waals surface area (Å²) in [5.74, 6) is 0.697. The van der Waals surface area contributed by atoms with Crippen molar-refractivity contribution in [3.8, 4) is 45.3 Å². The minimum absolute atomic E-state index is 0.697. The van der Waals surface area contributed by atoms with E-state index in [1.807, 2.05) is 36.4 Å². The van der Waals surface area contributed by atoms with Gasteiger partial charge < -0.3 is 9.13 Å². The van der Waals surface area contributed by atoms with E-state index in [1.54, 1.807) is 0 Å². The summed E-state index contributed by atoms with van der Waals surface area (Å²) >= 11 is 0. The fourth-order valence-corrected chi connectivity index (χ4v) is 6.63. The first-order valence-corrected chi connectivity index (χ1v) is 15.5. The quantitative estimate of drug-likeness (QED) is 0.200.